The Labute approximate surface area is 121 Å². The van der Waals surface area contributed by atoms with Crippen LogP contribution in [0.3, 0.4) is 0 Å². The number of amides is 1. The zero-order valence-corrected chi connectivity index (χ0v) is 12.0. The molecule has 7 heteroatoms. The number of carbonyl (C=O) groups excluding carboxylic acids is 1. The number of hydrogen-bond acceptors (Lipinski definition) is 2. The second kappa shape index (κ2) is 5.66. The van der Waals surface area contributed by atoms with Gasteiger partial charge in [-0.1, -0.05) is 0 Å². The van der Waals surface area contributed by atoms with Gasteiger partial charge in [0, 0.05) is 22.2 Å². The first-order chi connectivity index (χ1) is 8.88. The van der Waals surface area contributed by atoms with Crippen molar-refractivity contribution in [3.05, 3.63) is 32.9 Å². The van der Waals surface area contributed by atoms with Crippen molar-refractivity contribution >= 4 is 28.5 Å². The van der Waals surface area contributed by atoms with E-state index in [-0.39, 0.29) is 11.5 Å². The molecule has 1 aromatic rings. The van der Waals surface area contributed by atoms with Crippen molar-refractivity contribution in [2.75, 3.05) is 26.3 Å². The van der Waals surface area contributed by atoms with E-state index in [2.05, 4.69) is 0 Å². The number of halogens is 4. The lowest BCUT2D eigenvalue weighted by molar-refractivity contribution is -0.137. The van der Waals surface area contributed by atoms with E-state index in [9.17, 15) is 18.0 Å². The number of nitrogens with zero attached hydrogens (tertiary/aromatic N) is 1. The van der Waals surface area contributed by atoms with E-state index < -0.39 is 11.7 Å². The molecule has 1 aliphatic rings. The summed E-state index contributed by atoms with van der Waals surface area (Å²) in [4.78, 5) is 13.6. The van der Waals surface area contributed by atoms with Crippen LogP contribution in [0, 0.1) is 3.57 Å². The Morgan fingerprint density at radius 1 is 1.21 bits per heavy atom. The zero-order valence-electron chi connectivity index (χ0n) is 9.84. The average molecular weight is 385 g/mol. The van der Waals surface area contributed by atoms with Crippen molar-refractivity contribution in [1.29, 1.82) is 0 Å². The Morgan fingerprint density at radius 3 is 2.42 bits per heavy atom. The molecule has 0 bridgehead atoms. The van der Waals surface area contributed by atoms with Crippen molar-refractivity contribution in [2.45, 2.75) is 6.18 Å². The Morgan fingerprint density at radius 2 is 1.84 bits per heavy atom. The SMILES string of the molecule is O=C(c1cc(I)cc(C(F)(F)F)c1)N1CCOCC1. The van der Waals surface area contributed by atoms with Gasteiger partial charge in [0.2, 0.25) is 0 Å². The third-order valence-corrected chi connectivity index (χ3v) is 3.39. The van der Waals surface area contributed by atoms with E-state index in [0.29, 0.717) is 29.9 Å². The van der Waals surface area contributed by atoms with Crippen LogP contribution < -0.4 is 0 Å². The number of morpholine rings is 1. The molecular weight excluding hydrogens is 374 g/mol. The van der Waals surface area contributed by atoms with Gasteiger partial charge in [0.1, 0.15) is 0 Å². The molecule has 0 spiro atoms. The molecule has 1 aromatic carbocycles. The molecule has 19 heavy (non-hydrogen) atoms. The van der Waals surface area contributed by atoms with Crippen LogP contribution in [0.5, 0.6) is 0 Å². The van der Waals surface area contributed by atoms with Gasteiger partial charge in [-0.05, 0) is 40.8 Å². The van der Waals surface area contributed by atoms with Gasteiger partial charge < -0.3 is 9.64 Å². The van der Waals surface area contributed by atoms with Crippen molar-refractivity contribution < 1.29 is 22.7 Å². The van der Waals surface area contributed by atoms with Gasteiger partial charge in [-0.15, -0.1) is 0 Å². The van der Waals surface area contributed by atoms with E-state index >= 15 is 0 Å². The van der Waals surface area contributed by atoms with Crippen molar-refractivity contribution in [2.24, 2.45) is 0 Å². The Hall–Kier alpha value is -0.830. The number of hydrogen-bond donors (Lipinski definition) is 0. The molecule has 2 rings (SSSR count). The van der Waals surface area contributed by atoms with Gasteiger partial charge in [0.15, 0.2) is 0 Å². The third-order valence-electron chi connectivity index (χ3n) is 2.77. The molecule has 0 radical (unpaired) electrons. The van der Waals surface area contributed by atoms with Crippen LogP contribution >= 0.6 is 22.6 Å². The zero-order chi connectivity index (χ0) is 14.0. The number of rotatable bonds is 1. The van der Waals surface area contributed by atoms with Crippen LogP contribution in [0.15, 0.2) is 18.2 Å². The minimum Gasteiger partial charge on any atom is -0.378 e. The summed E-state index contributed by atoms with van der Waals surface area (Å²) < 4.78 is 43.6. The summed E-state index contributed by atoms with van der Waals surface area (Å²) in [5.41, 5.74) is -0.725. The first-order valence-electron chi connectivity index (χ1n) is 5.63. The number of benzene rings is 1. The second-order valence-corrected chi connectivity index (χ2v) is 5.38. The highest BCUT2D eigenvalue weighted by molar-refractivity contribution is 14.1. The highest BCUT2D eigenvalue weighted by Crippen LogP contribution is 2.31. The minimum atomic E-state index is -4.44. The Kier molecular flexibility index (Phi) is 4.34. The molecule has 1 fully saturated rings. The maximum absolute atomic E-state index is 12.7. The van der Waals surface area contributed by atoms with Gasteiger partial charge in [0.25, 0.3) is 5.91 Å². The summed E-state index contributed by atoms with van der Waals surface area (Å²) in [5.74, 6) is -0.382. The Bertz CT molecular complexity index is 484. The molecule has 0 aliphatic carbocycles. The summed E-state index contributed by atoms with van der Waals surface area (Å²) in [6, 6.07) is 3.39. The number of alkyl halides is 3. The smallest absolute Gasteiger partial charge is 0.378 e. The molecule has 3 nitrogen and oxygen atoms in total. The molecule has 0 aromatic heterocycles. The number of carbonyl (C=O) groups is 1. The molecular formula is C12H11F3INO2. The first-order valence-corrected chi connectivity index (χ1v) is 6.70. The van der Waals surface area contributed by atoms with Crippen LogP contribution in [-0.4, -0.2) is 37.1 Å². The molecule has 0 atom stereocenters. The van der Waals surface area contributed by atoms with Crippen LogP contribution in [0.1, 0.15) is 15.9 Å². The first kappa shape index (κ1) is 14.6. The highest BCUT2D eigenvalue weighted by Gasteiger charge is 2.32. The van der Waals surface area contributed by atoms with Crippen molar-refractivity contribution in [3.8, 4) is 0 Å². The normalized spacial score (nSPS) is 16.5. The maximum Gasteiger partial charge on any atom is 0.416 e. The summed E-state index contributed by atoms with van der Waals surface area (Å²) in [7, 11) is 0. The molecule has 0 N–H and O–H groups in total. The van der Waals surface area contributed by atoms with Gasteiger partial charge >= 0.3 is 6.18 Å². The predicted octanol–water partition coefficient (Wildman–Crippen LogP) is 2.78. The number of ether oxygens (including phenoxy) is 1. The summed E-state index contributed by atoms with van der Waals surface area (Å²) in [6.07, 6.45) is -4.44. The minimum absolute atomic E-state index is 0.0705. The van der Waals surface area contributed by atoms with E-state index in [4.69, 9.17) is 4.74 Å². The fraction of sp³-hybridized carbons (Fsp3) is 0.417. The standard InChI is InChI=1S/C12H11F3INO2/c13-12(14,15)9-5-8(6-10(16)7-9)11(18)17-1-3-19-4-2-17/h5-7H,1-4H2. The topological polar surface area (TPSA) is 29.5 Å². The Balaban J connectivity index is 2.28. The van der Waals surface area contributed by atoms with E-state index in [1.54, 1.807) is 22.6 Å². The lowest BCUT2D eigenvalue weighted by Crippen LogP contribution is -2.40. The summed E-state index contributed by atoms with van der Waals surface area (Å²) >= 11 is 1.78. The molecule has 1 heterocycles. The molecule has 104 valence electrons. The van der Waals surface area contributed by atoms with Gasteiger partial charge in [-0.3, -0.25) is 4.79 Å². The van der Waals surface area contributed by atoms with Crippen LogP contribution in [0.4, 0.5) is 13.2 Å². The van der Waals surface area contributed by atoms with Crippen molar-refractivity contribution in [1.82, 2.24) is 4.90 Å². The fourth-order valence-electron chi connectivity index (χ4n) is 1.83. The molecule has 0 saturated carbocycles. The maximum atomic E-state index is 12.7. The molecule has 0 unspecified atom stereocenters. The molecule has 1 saturated heterocycles. The van der Waals surface area contributed by atoms with Crippen LogP contribution in [0.25, 0.3) is 0 Å². The quantitative estimate of drug-likeness (QED) is 0.696. The van der Waals surface area contributed by atoms with Crippen LogP contribution in [0.2, 0.25) is 0 Å². The highest BCUT2D eigenvalue weighted by atomic mass is 127. The third kappa shape index (κ3) is 3.59. The van der Waals surface area contributed by atoms with E-state index in [1.807, 2.05) is 0 Å². The lowest BCUT2D eigenvalue weighted by Gasteiger charge is -2.27. The lowest BCUT2D eigenvalue weighted by atomic mass is 10.1. The molecule has 1 aliphatic heterocycles. The molecule has 1 amide bonds. The van der Waals surface area contributed by atoms with Gasteiger partial charge in [-0.2, -0.15) is 13.2 Å². The predicted molar refractivity (Wildman–Crippen MR) is 70.9 cm³/mol. The van der Waals surface area contributed by atoms with Crippen molar-refractivity contribution in [3.63, 3.8) is 0 Å². The van der Waals surface area contributed by atoms with Crippen LogP contribution in [-0.2, 0) is 10.9 Å². The largest absolute Gasteiger partial charge is 0.416 e. The average Bonchev–Trinajstić information content (AvgIpc) is 2.37. The van der Waals surface area contributed by atoms with Gasteiger partial charge in [-0.25, -0.2) is 0 Å². The van der Waals surface area contributed by atoms with Gasteiger partial charge in [0.05, 0.1) is 18.8 Å². The monoisotopic (exact) mass is 385 g/mol. The fourth-order valence-corrected chi connectivity index (χ4v) is 2.50. The second-order valence-electron chi connectivity index (χ2n) is 4.13. The summed E-state index contributed by atoms with van der Waals surface area (Å²) in [6.45, 7) is 1.65. The summed E-state index contributed by atoms with van der Waals surface area (Å²) in [5, 5.41) is 0. The van der Waals surface area contributed by atoms with E-state index in [1.165, 1.54) is 11.0 Å². The van der Waals surface area contributed by atoms with E-state index in [0.717, 1.165) is 12.1 Å².